The second-order valence-corrected chi connectivity index (χ2v) is 4.48. The molecule has 2 amide bonds. The van der Waals surface area contributed by atoms with Gasteiger partial charge in [-0.3, -0.25) is 0 Å². The highest BCUT2D eigenvalue weighted by Gasteiger charge is 2.03. The molecule has 3 N–H and O–H groups in total. The van der Waals surface area contributed by atoms with Crippen LogP contribution in [0.1, 0.15) is 32.3 Å². The number of urea groups is 1. The second-order valence-electron chi connectivity index (χ2n) is 4.48. The SMILES string of the molecule is CCC(C)NC(=O)NCCCc1ccc(O)cc1. The molecule has 1 aromatic carbocycles. The molecule has 0 fully saturated rings. The number of phenolic OH excluding ortho intramolecular Hbond substituents is 1. The Morgan fingerprint density at radius 1 is 1.33 bits per heavy atom. The first-order valence-electron chi connectivity index (χ1n) is 6.44. The summed E-state index contributed by atoms with van der Waals surface area (Å²) in [4.78, 5) is 11.4. The second kappa shape index (κ2) is 7.58. The third kappa shape index (κ3) is 5.57. The molecule has 0 saturated heterocycles. The van der Waals surface area contributed by atoms with Crippen LogP contribution in [0.15, 0.2) is 24.3 Å². The van der Waals surface area contributed by atoms with Crippen molar-refractivity contribution in [2.75, 3.05) is 6.54 Å². The van der Waals surface area contributed by atoms with Gasteiger partial charge in [0.2, 0.25) is 0 Å². The molecule has 1 unspecified atom stereocenters. The van der Waals surface area contributed by atoms with Crippen LogP contribution in [0.5, 0.6) is 5.75 Å². The number of carbonyl (C=O) groups is 1. The smallest absolute Gasteiger partial charge is 0.314 e. The van der Waals surface area contributed by atoms with Gasteiger partial charge in [-0.1, -0.05) is 19.1 Å². The molecule has 0 aliphatic heterocycles. The van der Waals surface area contributed by atoms with Gasteiger partial charge in [0.15, 0.2) is 0 Å². The Morgan fingerprint density at radius 2 is 2.00 bits per heavy atom. The highest BCUT2D eigenvalue weighted by molar-refractivity contribution is 5.74. The fourth-order valence-corrected chi connectivity index (χ4v) is 1.53. The zero-order valence-corrected chi connectivity index (χ0v) is 11.1. The molecule has 18 heavy (non-hydrogen) atoms. The number of nitrogens with one attached hydrogen (secondary N) is 2. The molecule has 0 heterocycles. The van der Waals surface area contributed by atoms with Crippen LogP contribution in [-0.2, 0) is 6.42 Å². The van der Waals surface area contributed by atoms with Crippen molar-refractivity contribution in [2.24, 2.45) is 0 Å². The van der Waals surface area contributed by atoms with Crippen molar-refractivity contribution in [3.05, 3.63) is 29.8 Å². The van der Waals surface area contributed by atoms with Crippen molar-refractivity contribution >= 4 is 6.03 Å². The van der Waals surface area contributed by atoms with Crippen LogP contribution in [0.2, 0.25) is 0 Å². The molecule has 0 aliphatic carbocycles. The van der Waals surface area contributed by atoms with Crippen LogP contribution in [-0.4, -0.2) is 23.7 Å². The molecular weight excluding hydrogens is 228 g/mol. The Kier molecular flexibility index (Phi) is 6.05. The lowest BCUT2D eigenvalue weighted by molar-refractivity contribution is 0.237. The van der Waals surface area contributed by atoms with E-state index in [2.05, 4.69) is 10.6 Å². The van der Waals surface area contributed by atoms with E-state index in [9.17, 15) is 4.79 Å². The first kappa shape index (κ1) is 14.4. The van der Waals surface area contributed by atoms with Crippen molar-refractivity contribution < 1.29 is 9.90 Å². The van der Waals surface area contributed by atoms with Crippen LogP contribution in [0, 0.1) is 0 Å². The van der Waals surface area contributed by atoms with Crippen molar-refractivity contribution in [3.63, 3.8) is 0 Å². The molecule has 0 spiro atoms. The van der Waals surface area contributed by atoms with Gasteiger partial charge >= 0.3 is 6.03 Å². The summed E-state index contributed by atoms with van der Waals surface area (Å²) in [6.07, 6.45) is 2.71. The number of rotatable bonds is 6. The topological polar surface area (TPSA) is 61.4 Å². The van der Waals surface area contributed by atoms with Gasteiger partial charge in [-0.2, -0.15) is 0 Å². The summed E-state index contributed by atoms with van der Waals surface area (Å²) >= 11 is 0. The van der Waals surface area contributed by atoms with Gasteiger partial charge in [-0.25, -0.2) is 4.79 Å². The van der Waals surface area contributed by atoms with Crippen molar-refractivity contribution in [2.45, 2.75) is 39.2 Å². The minimum atomic E-state index is -0.102. The van der Waals surface area contributed by atoms with E-state index in [1.165, 1.54) is 0 Å². The first-order chi connectivity index (χ1) is 8.61. The predicted octanol–water partition coefficient (Wildman–Crippen LogP) is 2.42. The zero-order valence-electron chi connectivity index (χ0n) is 11.1. The molecule has 4 nitrogen and oxygen atoms in total. The van der Waals surface area contributed by atoms with E-state index in [1.807, 2.05) is 26.0 Å². The highest BCUT2D eigenvalue weighted by atomic mass is 16.3. The number of amides is 2. The lowest BCUT2D eigenvalue weighted by Crippen LogP contribution is -2.40. The summed E-state index contributed by atoms with van der Waals surface area (Å²) in [5.41, 5.74) is 1.16. The summed E-state index contributed by atoms with van der Waals surface area (Å²) in [6.45, 7) is 4.68. The number of phenols is 1. The molecule has 1 atom stereocenters. The first-order valence-corrected chi connectivity index (χ1v) is 6.44. The number of aryl methyl sites for hydroxylation is 1. The van der Waals surface area contributed by atoms with Crippen LogP contribution >= 0.6 is 0 Å². The quantitative estimate of drug-likeness (QED) is 0.679. The minimum Gasteiger partial charge on any atom is -0.508 e. The maximum Gasteiger partial charge on any atom is 0.314 e. The van der Waals surface area contributed by atoms with E-state index in [1.54, 1.807) is 12.1 Å². The van der Waals surface area contributed by atoms with Gasteiger partial charge in [0.05, 0.1) is 0 Å². The molecule has 0 aliphatic rings. The third-order valence-electron chi connectivity index (χ3n) is 2.85. The van der Waals surface area contributed by atoms with E-state index in [-0.39, 0.29) is 17.8 Å². The fraction of sp³-hybridized carbons (Fsp3) is 0.500. The highest BCUT2D eigenvalue weighted by Crippen LogP contribution is 2.10. The number of hydrogen-bond acceptors (Lipinski definition) is 2. The van der Waals surface area contributed by atoms with Crippen LogP contribution in [0.4, 0.5) is 4.79 Å². The fourth-order valence-electron chi connectivity index (χ4n) is 1.53. The van der Waals surface area contributed by atoms with Crippen molar-refractivity contribution in [1.29, 1.82) is 0 Å². The average Bonchev–Trinajstić information content (AvgIpc) is 2.36. The van der Waals surface area contributed by atoms with Gasteiger partial charge in [-0.15, -0.1) is 0 Å². The number of benzene rings is 1. The Morgan fingerprint density at radius 3 is 2.61 bits per heavy atom. The summed E-state index contributed by atoms with van der Waals surface area (Å²) in [5.74, 6) is 0.282. The average molecular weight is 250 g/mol. The largest absolute Gasteiger partial charge is 0.508 e. The standard InChI is InChI=1S/C14H22N2O2/c1-3-11(2)16-14(18)15-10-4-5-12-6-8-13(17)9-7-12/h6-9,11,17H,3-5,10H2,1-2H3,(H2,15,16,18). The molecule has 0 aromatic heterocycles. The van der Waals surface area contributed by atoms with Crippen molar-refractivity contribution in [1.82, 2.24) is 10.6 Å². The molecule has 0 saturated carbocycles. The van der Waals surface area contributed by atoms with E-state index >= 15 is 0 Å². The molecule has 1 aromatic rings. The Balaban J connectivity index is 2.15. The molecular formula is C14H22N2O2. The van der Waals surface area contributed by atoms with Gasteiger partial charge in [0.25, 0.3) is 0 Å². The lowest BCUT2D eigenvalue weighted by Gasteiger charge is -2.12. The zero-order chi connectivity index (χ0) is 13.4. The summed E-state index contributed by atoms with van der Waals surface area (Å²) in [6, 6.07) is 7.26. The summed E-state index contributed by atoms with van der Waals surface area (Å²) in [7, 11) is 0. The molecule has 0 bridgehead atoms. The minimum absolute atomic E-state index is 0.102. The van der Waals surface area contributed by atoms with E-state index in [4.69, 9.17) is 5.11 Å². The normalized spacial score (nSPS) is 11.9. The van der Waals surface area contributed by atoms with E-state index in [0.29, 0.717) is 6.54 Å². The third-order valence-corrected chi connectivity index (χ3v) is 2.85. The number of aromatic hydroxyl groups is 1. The van der Waals surface area contributed by atoms with Gasteiger partial charge in [-0.05, 0) is 43.9 Å². The van der Waals surface area contributed by atoms with E-state index in [0.717, 1.165) is 24.8 Å². The summed E-state index contributed by atoms with van der Waals surface area (Å²) in [5, 5.41) is 14.8. The van der Waals surface area contributed by atoms with Crippen LogP contribution < -0.4 is 10.6 Å². The maximum atomic E-state index is 11.4. The predicted molar refractivity (Wildman–Crippen MR) is 72.7 cm³/mol. The van der Waals surface area contributed by atoms with Gasteiger partial charge in [0.1, 0.15) is 5.75 Å². The van der Waals surface area contributed by atoms with Gasteiger partial charge in [0, 0.05) is 12.6 Å². The Labute approximate surface area is 108 Å². The monoisotopic (exact) mass is 250 g/mol. The number of hydrogen-bond donors (Lipinski definition) is 3. The van der Waals surface area contributed by atoms with Gasteiger partial charge < -0.3 is 15.7 Å². The molecule has 1 rings (SSSR count). The Bertz CT molecular complexity index is 363. The molecule has 100 valence electrons. The summed E-state index contributed by atoms with van der Waals surface area (Å²) < 4.78 is 0. The maximum absolute atomic E-state index is 11.4. The van der Waals surface area contributed by atoms with Crippen molar-refractivity contribution in [3.8, 4) is 5.75 Å². The molecule has 0 radical (unpaired) electrons. The Hall–Kier alpha value is -1.71. The van der Waals surface area contributed by atoms with E-state index < -0.39 is 0 Å². The van der Waals surface area contributed by atoms with Crippen LogP contribution in [0.3, 0.4) is 0 Å². The van der Waals surface area contributed by atoms with Crippen LogP contribution in [0.25, 0.3) is 0 Å². The number of carbonyl (C=O) groups excluding carboxylic acids is 1. The lowest BCUT2D eigenvalue weighted by atomic mass is 10.1. The molecule has 4 heteroatoms.